The van der Waals surface area contributed by atoms with E-state index in [9.17, 15) is 0 Å². The molecule has 0 atom stereocenters. The molecule has 0 spiro atoms. The van der Waals surface area contributed by atoms with Gasteiger partial charge in [-0.25, -0.2) is 9.97 Å². The van der Waals surface area contributed by atoms with Crippen molar-refractivity contribution in [2.45, 2.75) is 13.3 Å². The summed E-state index contributed by atoms with van der Waals surface area (Å²) in [5.41, 5.74) is 2.04. The van der Waals surface area contributed by atoms with Gasteiger partial charge >= 0.3 is 0 Å². The Morgan fingerprint density at radius 3 is 2.47 bits per heavy atom. The average molecular weight is 219 g/mol. The third-order valence-corrected chi connectivity index (χ3v) is 2.41. The van der Waals surface area contributed by atoms with E-state index < -0.39 is 0 Å². The molecule has 0 radical (unpaired) electrons. The van der Waals surface area contributed by atoms with Gasteiger partial charge in [0.1, 0.15) is 5.82 Å². The van der Waals surface area contributed by atoms with Crippen LogP contribution in [0.3, 0.4) is 0 Å². The number of nitrogens with zero attached hydrogens (tertiary/aromatic N) is 2. The fourth-order valence-electron chi connectivity index (χ4n) is 1.35. The van der Waals surface area contributed by atoms with Crippen molar-refractivity contribution in [2.75, 3.05) is 0 Å². The molecule has 76 valence electrons. The van der Waals surface area contributed by atoms with E-state index in [1.54, 1.807) is 0 Å². The first-order chi connectivity index (χ1) is 7.29. The lowest BCUT2D eigenvalue weighted by Crippen LogP contribution is -1.91. The molecule has 0 fully saturated rings. The van der Waals surface area contributed by atoms with E-state index in [2.05, 4.69) is 9.97 Å². The summed E-state index contributed by atoms with van der Waals surface area (Å²) in [6, 6.07) is 7.68. The van der Waals surface area contributed by atoms with Crippen LogP contribution in [0.2, 0.25) is 5.02 Å². The predicted molar refractivity (Wildman–Crippen MR) is 61.9 cm³/mol. The monoisotopic (exact) mass is 218 g/mol. The van der Waals surface area contributed by atoms with Gasteiger partial charge < -0.3 is 0 Å². The number of aromatic nitrogens is 2. The molecule has 0 N–H and O–H groups in total. The second-order valence-corrected chi connectivity index (χ2v) is 3.69. The van der Waals surface area contributed by atoms with E-state index >= 15 is 0 Å². The van der Waals surface area contributed by atoms with Crippen LogP contribution in [0, 0.1) is 0 Å². The Balaban J connectivity index is 2.37. The van der Waals surface area contributed by atoms with E-state index in [0.29, 0.717) is 0 Å². The summed E-state index contributed by atoms with van der Waals surface area (Å²) in [7, 11) is 0. The van der Waals surface area contributed by atoms with Crippen molar-refractivity contribution in [1.29, 1.82) is 0 Å². The molecule has 2 rings (SSSR count). The first-order valence-corrected chi connectivity index (χ1v) is 5.24. The molecule has 0 bridgehead atoms. The number of benzene rings is 1. The maximum atomic E-state index is 5.91. The Labute approximate surface area is 94.0 Å². The van der Waals surface area contributed by atoms with Crippen molar-refractivity contribution in [3.63, 3.8) is 0 Å². The molecule has 1 aromatic heterocycles. The highest BCUT2D eigenvalue weighted by molar-refractivity contribution is 6.30. The van der Waals surface area contributed by atoms with Gasteiger partial charge in [-0.05, 0) is 17.7 Å². The lowest BCUT2D eigenvalue weighted by molar-refractivity contribution is 0.941. The zero-order valence-corrected chi connectivity index (χ0v) is 9.20. The van der Waals surface area contributed by atoms with Crippen LogP contribution in [0.25, 0.3) is 11.1 Å². The summed E-state index contributed by atoms with van der Waals surface area (Å²) >= 11 is 5.91. The smallest absolute Gasteiger partial charge is 0.127 e. The summed E-state index contributed by atoms with van der Waals surface area (Å²) in [6.45, 7) is 2.04. The Morgan fingerprint density at radius 1 is 1.13 bits per heavy atom. The number of hydrogen-bond donors (Lipinski definition) is 0. The lowest BCUT2D eigenvalue weighted by atomic mass is 10.1. The molecule has 2 nitrogen and oxygen atoms in total. The highest BCUT2D eigenvalue weighted by Gasteiger charge is 1.99. The van der Waals surface area contributed by atoms with Gasteiger partial charge in [-0.2, -0.15) is 0 Å². The quantitative estimate of drug-likeness (QED) is 0.773. The van der Waals surface area contributed by atoms with Crippen molar-refractivity contribution < 1.29 is 0 Å². The van der Waals surface area contributed by atoms with Gasteiger partial charge in [0.05, 0.1) is 0 Å². The summed E-state index contributed by atoms with van der Waals surface area (Å²) in [5.74, 6) is 0.862. The van der Waals surface area contributed by atoms with Crippen LogP contribution in [0.5, 0.6) is 0 Å². The van der Waals surface area contributed by atoms with E-state index in [-0.39, 0.29) is 0 Å². The molecule has 3 heteroatoms. The minimum atomic E-state index is 0.729. The van der Waals surface area contributed by atoms with Gasteiger partial charge in [-0.15, -0.1) is 0 Å². The fourth-order valence-corrected chi connectivity index (χ4v) is 1.54. The van der Waals surface area contributed by atoms with Crippen LogP contribution in [-0.2, 0) is 6.42 Å². The van der Waals surface area contributed by atoms with Gasteiger partial charge in [-0.3, -0.25) is 0 Å². The molecule has 0 amide bonds. The maximum absolute atomic E-state index is 5.91. The first-order valence-electron chi connectivity index (χ1n) is 4.86. The molecule has 15 heavy (non-hydrogen) atoms. The number of aryl methyl sites for hydroxylation is 1. The number of rotatable bonds is 2. The largest absolute Gasteiger partial charge is 0.241 e. The minimum absolute atomic E-state index is 0.729. The molecular formula is C12H11ClN2. The topological polar surface area (TPSA) is 25.8 Å². The van der Waals surface area contributed by atoms with Crippen LogP contribution in [0.4, 0.5) is 0 Å². The second kappa shape index (κ2) is 4.41. The Hall–Kier alpha value is -1.41. The standard InChI is InChI=1S/C12H11ClN2/c1-2-12-14-7-10(8-15-12)9-4-3-5-11(13)6-9/h3-8H,2H2,1H3. The van der Waals surface area contributed by atoms with Gasteiger partial charge in [0, 0.05) is 29.4 Å². The minimum Gasteiger partial charge on any atom is -0.241 e. The molecule has 0 aliphatic carbocycles. The summed E-state index contributed by atoms with van der Waals surface area (Å²) in [6.07, 6.45) is 4.52. The third-order valence-electron chi connectivity index (χ3n) is 2.18. The lowest BCUT2D eigenvalue weighted by Gasteiger charge is -2.01. The summed E-state index contributed by atoms with van der Waals surface area (Å²) < 4.78 is 0. The predicted octanol–water partition coefficient (Wildman–Crippen LogP) is 3.36. The molecule has 2 aromatic rings. The van der Waals surface area contributed by atoms with Crippen LogP contribution >= 0.6 is 11.6 Å². The fraction of sp³-hybridized carbons (Fsp3) is 0.167. The van der Waals surface area contributed by atoms with Gasteiger partial charge in [0.25, 0.3) is 0 Å². The SMILES string of the molecule is CCc1ncc(-c2cccc(Cl)c2)cn1. The zero-order chi connectivity index (χ0) is 10.7. The molecule has 0 saturated heterocycles. The Bertz CT molecular complexity index is 451. The molecule has 0 aliphatic rings. The Kier molecular flexibility index (Phi) is 2.97. The molecule has 1 aromatic carbocycles. The zero-order valence-electron chi connectivity index (χ0n) is 8.44. The van der Waals surface area contributed by atoms with Gasteiger partial charge in [0.2, 0.25) is 0 Å². The van der Waals surface area contributed by atoms with E-state index in [4.69, 9.17) is 11.6 Å². The Morgan fingerprint density at radius 2 is 1.87 bits per heavy atom. The highest BCUT2D eigenvalue weighted by atomic mass is 35.5. The van der Waals surface area contributed by atoms with Gasteiger partial charge in [0.15, 0.2) is 0 Å². The van der Waals surface area contributed by atoms with Crippen LogP contribution in [0.1, 0.15) is 12.7 Å². The van der Waals surface area contributed by atoms with E-state index in [1.807, 2.05) is 43.6 Å². The molecular weight excluding hydrogens is 208 g/mol. The van der Waals surface area contributed by atoms with Crippen molar-refractivity contribution in [3.8, 4) is 11.1 Å². The van der Waals surface area contributed by atoms with Crippen molar-refractivity contribution in [1.82, 2.24) is 9.97 Å². The van der Waals surface area contributed by atoms with Crippen molar-refractivity contribution >= 4 is 11.6 Å². The first kappa shape index (κ1) is 10.1. The second-order valence-electron chi connectivity index (χ2n) is 3.25. The molecule has 0 aliphatic heterocycles. The van der Waals surface area contributed by atoms with Crippen LogP contribution in [-0.4, -0.2) is 9.97 Å². The normalized spacial score (nSPS) is 10.3. The van der Waals surface area contributed by atoms with Gasteiger partial charge in [-0.1, -0.05) is 30.7 Å². The maximum Gasteiger partial charge on any atom is 0.127 e. The summed E-state index contributed by atoms with van der Waals surface area (Å²) in [5, 5.41) is 0.729. The van der Waals surface area contributed by atoms with E-state index in [0.717, 1.165) is 28.4 Å². The average Bonchev–Trinajstić information content (AvgIpc) is 2.29. The van der Waals surface area contributed by atoms with E-state index in [1.165, 1.54) is 0 Å². The molecule has 0 saturated carbocycles. The van der Waals surface area contributed by atoms with Crippen molar-refractivity contribution in [2.24, 2.45) is 0 Å². The molecule has 1 heterocycles. The number of hydrogen-bond acceptors (Lipinski definition) is 2. The highest BCUT2D eigenvalue weighted by Crippen LogP contribution is 2.21. The van der Waals surface area contributed by atoms with Crippen LogP contribution < -0.4 is 0 Å². The third kappa shape index (κ3) is 2.34. The van der Waals surface area contributed by atoms with Crippen LogP contribution in [0.15, 0.2) is 36.7 Å². The summed E-state index contributed by atoms with van der Waals surface area (Å²) in [4.78, 5) is 8.50. The van der Waals surface area contributed by atoms with Crippen molar-refractivity contribution in [3.05, 3.63) is 47.5 Å². The molecule has 0 unspecified atom stereocenters. The number of halogens is 1.